The third-order valence-electron chi connectivity index (χ3n) is 2.23. The third-order valence-corrected chi connectivity index (χ3v) is 2.58. The Morgan fingerprint density at radius 2 is 2.07 bits per heavy atom. The molecule has 0 bridgehead atoms. The number of aliphatic hydroxyl groups excluding tert-OH is 1. The molecule has 1 rings (SSSR count). The van der Waals surface area contributed by atoms with E-state index in [9.17, 15) is 4.39 Å². The standard InChI is InChI=1S/C12H16ClFO/c1-8(2)5-9-3-4-10(6-11(9)13)12(14)7-15/h3-4,6,8,12,15H,5,7H2,1-2H3. The summed E-state index contributed by atoms with van der Waals surface area (Å²) in [7, 11) is 0. The maximum atomic E-state index is 13.1. The molecule has 0 saturated heterocycles. The van der Waals surface area contributed by atoms with Gasteiger partial charge in [-0.1, -0.05) is 37.6 Å². The summed E-state index contributed by atoms with van der Waals surface area (Å²) in [6.45, 7) is 3.71. The van der Waals surface area contributed by atoms with E-state index in [1.54, 1.807) is 12.1 Å². The zero-order valence-corrected chi connectivity index (χ0v) is 9.76. The van der Waals surface area contributed by atoms with E-state index < -0.39 is 12.8 Å². The maximum absolute atomic E-state index is 13.1. The Hall–Kier alpha value is -0.600. The minimum atomic E-state index is -1.34. The van der Waals surface area contributed by atoms with Gasteiger partial charge < -0.3 is 5.11 Å². The molecule has 0 heterocycles. The van der Waals surface area contributed by atoms with Crippen LogP contribution in [0.25, 0.3) is 0 Å². The van der Waals surface area contributed by atoms with Gasteiger partial charge in [0.2, 0.25) is 0 Å². The van der Waals surface area contributed by atoms with Gasteiger partial charge in [0.1, 0.15) is 6.17 Å². The molecule has 0 radical (unpaired) electrons. The van der Waals surface area contributed by atoms with E-state index in [1.165, 1.54) is 0 Å². The van der Waals surface area contributed by atoms with E-state index >= 15 is 0 Å². The fourth-order valence-corrected chi connectivity index (χ4v) is 1.74. The van der Waals surface area contributed by atoms with Gasteiger partial charge in [0.25, 0.3) is 0 Å². The van der Waals surface area contributed by atoms with Gasteiger partial charge in [-0.15, -0.1) is 0 Å². The largest absolute Gasteiger partial charge is 0.393 e. The Bertz CT molecular complexity index is 325. The predicted octanol–water partition coefficient (Wildman–Crippen LogP) is 3.54. The van der Waals surface area contributed by atoms with Gasteiger partial charge in [0, 0.05) is 5.02 Å². The molecule has 1 nitrogen and oxygen atoms in total. The van der Waals surface area contributed by atoms with Crippen LogP contribution in [0.4, 0.5) is 4.39 Å². The van der Waals surface area contributed by atoms with Crippen molar-refractivity contribution >= 4 is 11.6 Å². The summed E-state index contributed by atoms with van der Waals surface area (Å²) in [4.78, 5) is 0. The van der Waals surface area contributed by atoms with Crippen molar-refractivity contribution in [3.05, 3.63) is 34.3 Å². The quantitative estimate of drug-likeness (QED) is 0.839. The molecule has 3 heteroatoms. The van der Waals surface area contributed by atoms with Crippen molar-refractivity contribution in [3.63, 3.8) is 0 Å². The van der Waals surface area contributed by atoms with Crippen LogP contribution in [0.5, 0.6) is 0 Å². The zero-order valence-electron chi connectivity index (χ0n) is 9.00. The molecular weight excluding hydrogens is 215 g/mol. The number of benzene rings is 1. The number of alkyl halides is 1. The van der Waals surface area contributed by atoms with Gasteiger partial charge in [-0.2, -0.15) is 0 Å². The first-order valence-corrected chi connectivity index (χ1v) is 5.45. The Labute approximate surface area is 94.9 Å². The van der Waals surface area contributed by atoms with E-state index in [4.69, 9.17) is 16.7 Å². The molecule has 1 aromatic carbocycles. The van der Waals surface area contributed by atoms with Crippen molar-refractivity contribution in [1.29, 1.82) is 0 Å². The highest BCUT2D eigenvalue weighted by atomic mass is 35.5. The summed E-state index contributed by atoms with van der Waals surface area (Å²) < 4.78 is 13.1. The molecule has 0 aliphatic heterocycles. The average molecular weight is 231 g/mol. The Morgan fingerprint density at radius 1 is 1.40 bits per heavy atom. The van der Waals surface area contributed by atoms with E-state index in [-0.39, 0.29) is 0 Å². The predicted molar refractivity (Wildman–Crippen MR) is 60.9 cm³/mol. The van der Waals surface area contributed by atoms with Gasteiger partial charge in [-0.3, -0.25) is 0 Å². The van der Waals surface area contributed by atoms with E-state index in [2.05, 4.69) is 13.8 Å². The number of rotatable bonds is 4. The molecule has 15 heavy (non-hydrogen) atoms. The van der Waals surface area contributed by atoms with Crippen LogP contribution < -0.4 is 0 Å². The van der Waals surface area contributed by atoms with Crippen molar-refractivity contribution in [2.24, 2.45) is 5.92 Å². The number of hydrogen-bond donors (Lipinski definition) is 1. The average Bonchev–Trinajstić information content (AvgIpc) is 2.19. The molecular formula is C12H16ClFO. The van der Waals surface area contributed by atoms with Crippen LogP contribution in [0.1, 0.15) is 31.1 Å². The van der Waals surface area contributed by atoms with Crippen molar-refractivity contribution in [3.8, 4) is 0 Å². The lowest BCUT2D eigenvalue weighted by Crippen LogP contribution is -2.00. The third kappa shape index (κ3) is 3.47. The summed E-state index contributed by atoms with van der Waals surface area (Å²) in [6.07, 6.45) is -0.453. The lowest BCUT2D eigenvalue weighted by molar-refractivity contribution is 0.180. The summed E-state index contributed by atoms with van der Waals surface area (Å²) in [6, 6.07) is 5.12. The SMILES string of the molecule is CC(C)Cc1ccc(C(F)CO)cc1Cl. The van der Waals surface area contributed by atoms with Gasteiger partial charge in [0.05, 0.1) is 6.61 Å². The lowest BCUT2D eigenvalue weighted by atomic mass is 10.0. The molecule has 0 fully saturated rings. The number of hydrogen-bond acceptors (Lipinski definition) is 1. The van der Waals surface area contributed by atoms with Crippen LogP contribution in [0.2, 0.25) is 5.02 Å². The van der Waals surface area contributed by atoms with Crippen LogP contribution in [0.3, 0.4) is 0 Å². The van der Waals surface area contributed by atoms with Crippen LogP contribution in [0, 0.1) is 5.92 Å². The second kappa shape index (κ2) is 5.47. The molecule has 1 aromatic rings. The zero-order chi connectivity index (χ0) is 11.4. The summed E-state index contributed by atoms with van der Waals surface area (Å²) in [5.41, 5.74) is 1.47. The minimum Gasteiger partial charge on any atom is -0.393 e. The molecule has 84 valence electrons. The topological polar surface area (TPSA) is 20.2 Å². The second-order valence-electron chi connectivity index (χ2n) is 4.10. The normalized spacial score (nSPS) is 13.2. The highest BCUT2D eigenvalue weighted by molar-refractivity contribution is 6.31. The highest BCUT2D eigenvalue weighted by Gasteiger charge is 2.10. The first-order chi connectivity index (χ1) is 7.04. The van der Waals surface area contributed by atoms with Crippen LogP contribution >= 0.6 is 11.6 Å². The molecule has 1 atom stereocenters. The first kappa shape index (κ1) is 12.5. The number of halogens is 2. The van der Waals surface area contributed by atoms with Crippen LogP contribution in [-0.4, -0.2) is 11.7 Å². The fourth-order valence-electron chi connectivity index (χ4n) is 1.47. The summed E-state index contributed by atoms with van der Waals surface area (Å²) in [5, 5.41) is 9.26. The molecule has 0 spiro atoms. The molecule has 0 saturated carbocycles. The molecule has 0 aliphatic carbocycles. The lowest BCUT2D eigenvalue weighted by Gasteiger charge is -2.10. The number of aliphatic hydroxyl groups is 1. The fraction of sp³-hybridized carbons (Fsp3) is 0.500. The minimum absolute atomic E-state index is 0.440. The van der Waals surface area contributed by atoms with Crippen molar-refractivity contribution in [2.75, 3.05) is 6.61 Å². The molecule has 0 amide bonds. The van der Waals surface area contributed by atoms with Crippen LogP contribution in [-0.2, 0) is 6.42 Å². The first-order valence-electron chi connectivity index (χ1n) is 5.07. The smallest absolute Gasteiger partial charge is 0.148 e. The van der Waals surface area contributed by atoms with E-state index in [1.807, 2.05) is 6.07 Å². The Balaban J connectivity index is 2.88. The highest BCUT2D eigenvalue weighted by Crippen LogP contribution is 2.25. The van der Waals surface area contributed by atoms with E-state index in [0.29, 0.717) is 16.5 Å². The molecule has 0 aromatic heterocycles. The molecule has 0 aliphatic rings. The van der Waals surface area contributed by atoms with Crippen molar-refractivity contribution < 1.29 is 9.50 Å². The van der Waals surface area contributed by atoms with Crippen LogP contribution in [0.15, 0.2) is 18.2 Å². The van der Waals surface area contributed by atoms with Crippen molar-refractivity contribution in [1.82, 2.24) is 0 Å². The van der Waals surface area contributed by atoms with Gasteiger partial charge in [-0.25, -0.2) is 4.39 Å². The second-order valence-corrected chi connectivity index (χ2v) is 4.51. The monoisotopic (exact) mass is 230 g/mol. The van der Waals surface area contributed by atoms with E-state index in [0.717, 1.165) is 12.0 Å². The van der Waals surface area contributed by atoms with Gasteiger partial charge in [-0.05, 0) is 29.5 Å². The summed E-state index contributed by atoms with van der Waals surface area (Å²) in [5.74, 6) is 0.521. The summed E-state index contributed by atoms with van der Waals surface area (Å²) >= 11 is 6.03. The van der Waals surface area contributed by atoms with Gasteiger partial charge >= 0.3 is 0 Å². The Morgan fingerprint density at radius 3 is 2.53 bits per heavy atom. The van der Waals surface area contributed by atoms with Crippen molar-refractivity contribution in [2.45, 2.75) is 26.4 Å². The maximum Gasteiger partial charge on any atom is 0.148 e. The Kier molecular flexibility index (Phi) is 4.55. The molecule has 1 N–H and O–H groups in total. The van der Waals surface area contributed by atoms with Gasteiger partial charge in [0.15, 0.2) is 0 Å². The molecule has 1 unspecified atom stereocenters.